The predicted octanol–water partition coefficient (Wildman–Crippen LogP) is 2.28. The molecule has 0 aromatic heterocycles. The highest BCUT2D eigenvalue weighted by Gasteiger charge is 2.33. The zero-order valence-corrected chi connectivity index (χ0v) is 10.9. The summed E-state index contributed by atoms with van der Waals surface area (Å²) in [6, 6.07) is 8.17. The number of hydrogen-bond acceptors (Lipinski definition) is 2. The Morgan fingerprint density at radius 2 is 2.28 bits per heavy atom. The molecular weight excluding hydrogens is 224 g/mol. The molecule has 1 aromatic rings. The first-order chi connectivity index (χ1) is 8.78. The zero-order chi connectivity index (χ0) is 12.5. The smallest absolute Gasteiger partial charge is 0.245 e. The van der Waals surface area contributed by atoms with Gasteiger partial charge < -0.3 is 10.2 Å². The molecular formula is C15H20N2O. The number of anilines is 1. The first-order valence-corrected chi connectivity index (χ1v) is 6.91. The third kappa shape index (κ3) is 1.98. The maximum absolute atomic E-state index is 12.4. The Labute approximate surface area is 108 Å². The van der Waals surface area contributed by atoms with Gasteiger partial charge in [0, 0.05) is 25.2 Å². The lowest BCUT2D eigenvalue weighted by Gasteiger charge is -2.21. The number of likely N-dealkylation sites (tertiary alicyclic amines) is 1. The number of benzene rings is 1. The lowest BCUT2D eigenvalue weighted by atomic mass is 10.1. The van der Waals surface area contributed by atoms with Gasteiger partial charge in [-0.1, -0.05) is 31.5 Å². The van der Waals surface area contributed by atoms with Crippen molar-refractivity contribution >= 4 is 11.6 Å². The van der Waals surface area contributed by atoms with Crippen molar-refractivity contribution in [3.8, 4) is 0 Å². The van der Waals surface area contributed by atoms with Crippen LogP contribution in [-0.2, 0) is 11.2 Å². The van der Waals surface area contributed by atoms with Gasteiger partial charge in [-0.3, -0.25) is 4.79 Å². The van der Waals surface area contributed by atoms with Gasteiger partial charge in [-0.2, -0.15) is 0 Å². The molecule has 1 amide bonds. The van der Waals surface area contributed by atoms with Gasteiger partial charge in [-0.05, 0) is 24.0 Å². The van der Waals surface area contributed by atoms with Crippen LogP contribution in [-0.4, -0.2) is 29.9 Å². The predicted molar refractivity (Wildman–Crippen MR) is 72.5 cm³/mol. The highest BCUT2D eigenvalue weighted by molar-refractivity contribution is 5.87. The van der Waals surface area contributed by atoms with Crippen LogP contribution in [0.4, 0.5) is 5.69 Å². The first kappa shape index (κ1) is 11.6. The second kappa shape index (κ2) is 4.63. The van der Waals surface area contributed by atoms with Gasteiger partial charge in [0.2, 0.25) is 5.91 Å². The summed E-state index contributed by atoms with van der Waals surface area (Å²) >= 11 is 0. The molecule has 0 bridgehead atoms. The molecule has 1 fully saturated rings. The van der Waals surface area contributed by atoms with Crippen LogP contribution < -0.4 is 5.32 Å². The topological polar surface area (TPSA) is 32.3 Å². The molecule has 2 aliphatic heterocycles. The molecule has 0 radical (unpaired) electrons. The number of para-hydroxylation sites is 1. The third-order valence-electron chi connectivity index (χ3n) is 4.24. The maximum atomic E-state index is 12.4. The molecule has 1 unspecified atom stereocenters. The molecule has 0 saturated carbocycles. The molecule has 3 heteroatoms. The zero-order valence-electron chi connectivity index (χ0n) is 10.9. The largest absolute Gasteiger partial charge is 0.373 e. The fourth-order valence-corrected chi connectivity index (χ4v) is 3.03. The van der Waals surface area contributed by atoms with E-state index >= 15 is 0 Å². The summed E-state index contributed by atoms with van der Waals surface area (Å²) in [5.74, 6) is 0.986. The van der Waals surface area contributed by atoms with Gasteiger partial charge in [-0.15, -0.1) is 0 Å². The number of carbonyl (C=O) groups is 1. The fraction of sp³-hybridized carbons (Fsp3) is 0.533. The molecule has 2 heterocycles. The van der Waals surface area contributed by atoms with E-state index in [-0.39, 0.29) is 11.9 Å². The van der Waals surface area contributed by atoms with Crippen LogP contribution in [0.15, 0.2) is 24.3 Å². The minimum atomic E-state index is -0.0435. The summed E-state index contributed by atoms with van der Waals surface area (Å²) in [4.78, 5) is 14.5. The Balaban J connectivity index is 1.66. The van der Waals surface area contributed by atoms with Gasteiger partial charge in [0.15, 0.2) is 0 Å². The molecule has 2 atom stereocenters. The Hall–Kier alpha value is -1.51. The average molecular weight is 244 g/mol. The van der Waals surface area contributed by atoms with Crippen LogP contribution in [0.25, 0.3) is 0 Å². The average Bonchev–Trinajstić information content (AvgIpc) is 3.04. The molecule has 1 saturated heterocycles. The van der Waals surface area contributed by atoms with E-state index in [4.69, 9.17) is 0 Å². The number of amides is 1. The van der Waals surface area contributed by atoms with E-state index in [2.05, 4.69) is 24.4 Å². The Morgan fingerprint density at radius 3 is 3.00 bits per heavy atom. The summed E-state index contributed by atoms with van der Waals surface area (Å²) < 4.78 is 0. The van der Waals surface area contributed by atoms with Crippen molar-refractivity contribution in [3.05, 3.63) is 29.8 Å². The standard InChI is InChI=1S/C15H20N2O/c1-2-11-7-8-17(10-11)15(18)14-9-12-5-3-4-6-13(12)16-14/h3-6,11,14,16H,2,7-10H2,1H3/t11?,14-/m0/s1. The van der Waals surface area contributed by atoms with Crippen molar-refractivity contribution in [2.75, 3.05) is 18.4 Å². The van der Waals surface area contributed by atoms with Gasteiger partial charge in [0.25, 0.3) is 0 Å². The van der Waals surface area contributed by atoms with Crippen molar-refractivity contribution < 1.29 is 4.79 Å². The van der Waals surface area contributed by atoms with Gasteiger partial charge >= 0.3 is 0 Å². The van der Waals surface area contributed by atoms with Crippen LogP contribution in [0, 0.1) is 5.92 Å². The normalized spacial score (nSPS) is 25.9. The number of fused-ring (bicyclic) bond motifs is 1. The summed E-state index contributed by atoms with van der Waals surface area (Å²) in [5.41, 5.74) is 2.39. The number of carbonyl (C=O) groups excluding carboxylic acids is 1. The second-order valence-electron chi connectivity index (χ2n) is 5.41. The number of rotatable bonds is 2. The van der Waals surface area contributed by atoms with Crippen LogP contribution in [0.5, 0.6) is 0 Å². The molecule has 0 spiro atoms. The highest BCUT2D eigenvalue weighted by Crippen LogP contribution is 2.27. The Morgan fingerprint density at radius 1 is 1.44 bits per heavy atom. The van der Waals surface area contributed by atoms with Crippen molar-refractivity contribution in [3.63, 3.8) is 0 Å². The van der Waals surface area contributed by atoms with Gasteiger partial charge in [0.1, 0.15) is 6.04 Å². The van der Waals surface area contributed by atoms with E-state index in [9.17, 15) is 4.79 Å². The quantitative estimate of drug-likeness (QED) is 0.865. The van der Waals surface area contributed by atoms with E-state index in [1.165, 1.54) is 18.4 Å². The van der Waals surface area contributed by atoms with Crippen LogP contribution >= 0.6 is 0 Å². The molecule has 2 aliphatic rings. The lowest BCUT2D eigenvalue weighted by Crippen LogP contribution is -2.40. The van der Waals surface area contributed by atoms with Crippen molar-refractivity contribution in [1.29, 1.82) is 0 Å². The van der Waals surface area contributed by atoms with E-state index in [0.29, 0.717) is 5.92 Å². The van der Waals surface area contributed by atoms with Crippen LogP contribution in [0.2, 0.25) is 0 Å². The van der Waals surface area contributed by atoms with E-state index in [1.54, 1.807) is 0 Å². The molecule has 96 valence electrons. The second-order valence-corrected chi connectivity index (χ2v) is 5.41. The maximum Gasteiger partial charge on any atom is 0.245 e. The number of nitrogens with one attached hydrogen (secondary N) is 1. The minimum Gasteiger partial charge on any atom is -0.373 e. The molecule has 1 aromatic carbocycles. The molecule has 1 N–H and O–H groups in total. The van der Waals surface area contributed by atoms with Crippen molar-refractivity contribution in [1.82, 2.24) is 4.90 Å². The molecule has 3 nitrogen and oxygen atoms in total. The van der Waals surface area contributed by atoms with Gasteiger partial charge in [-0.25, -0.2) is 0 Å². The summed E-state index contributed by atoms with van der Waals surface area (Å²) in [6.45, 7) is 4.10. The number of hydrogen-bond donors (Lipinski definition) is 1. The minimum absolute atomic E-state index is 0.0435. The molecule has 0 aliphatic carbocycles. The lowest BCUT2D eigenvalue weighted by molar-refractivity contribution is -0.130. The summed E-state index contributed by atoms with van der Waals surface area (Å²) in [7, 11) is 0. The molecule has 3 rings (SSSR count). The monoisotopic (exact) mass is 244 g/mol. The van der Waals surface area contributed by atoms with Crippen LogP contribution in [0.1, 0.15) is 25.3 Å². The third-order valence-corrected chi connectivity index (χ3v) is 4.24. The SMILES string of the molecule is CCC1CCN(C(=O)[C@@H]2Cc3ccccc3N2)C1. The van der Waals surface area contributed by atoms with Crippen LogP contribution in [0.3, 0.4) is 0 Å². The molecule has 18 heavy (non-hydrogen) atoms. The summed E-state index contributed by atoms with van der Waals surface area (Å²) in [5, 5.41) is 3.35. The van der Waals surface area contributed by atoms with Crippen molar-refractivity contribution in [2.45, 2.75) is 32.2 Å². The van der Waals surface area contributed by atoms with E-state index in [1.807, 2.05) is 17.0 Å². The van der Waals surface area contributed by atoms with E-state index in [0.717, 1.165) is 25.2 Å². The van der Waals surface area contributed by atoms with E-state index < -0.39 is 0 Å². The van der Waals surface area contributed by atoms with Crippen molar-refractivity contribution in [2.24, 2.45) is 5.92 Å². The summed E-state index contributed by atoms with van der Waals surface area (Å²) in [6.07, 6.45) is 3.19. The fourth-order valence-electron chi connectivity index (χ4n) is 3.03. The van der Waals surface area contributed by atoms with Gasteiger partial charge in [0.05, 0.1) is 0 Å². The number of nitrogens with zero attached hydrogens (tertiary/aromatic N) is 1. The highest BCUT2D eigenvalue weighted by atomic mass is 16.2. The Bertz CT molecular complexity index is 433. The Kier molecular flexibility index (Phi) is 2.98. The first-order valence-electron chi connectivity index (χ1n) is 6.91.